The predicted octanol–water partition coefficient (Wildman–Crippen LogP) is 4.53. The number of nitrogens with one attached hydrogen (secondary N) is 1. The fourth-order valence-corrected chi connectivity index (χ4v) is 2.89. The number of ether oxygens (including phenoxy) is 2. The number of non-ortho nitro benzene ring substituents is 1. The zero-order valence-corrected chi connectivity index (χ0v) is 17.9. The molecule has 1 N–H and O–H groups in total. The molecular weight excluding hydrogens is 434 g/mol. The third kappa shape index (κ3) is 6.55. The molecule has 9 heteroatoms. The van der Waals surface area contributed by atoms with E-state index in [0.29, 0.717) is 22.1 Å². The number of carbonyl (C=O) groups is 1. The summed E-state index contributed by atoms with van der Waals surface area (Å²) in [4.78, 5) is 22.3. The van der Waals surface area contributed by atoms with Crippen LogP contribution in [0.25, 0.3) is 0 Å². The number of rotatable bonds is 9. The van der Waals surface area contributed by atoms with Crippen molar-refractivity contribution in [3.8, 4) is 11.5 Å². The van der Waals surface area contributed by atoms with E-state index in [9.17, 15) is 14.9 Å². The topological polar surface area (TPSA) is 103 Å². The van der Waals surface area contributed by atoms with Gasteiger partial charge in [0, 0.05) is 17.2 Å². The lowest BCUT2D eigenvalue weighted by Crippen LogP contribution is -2.19. The Morgan fingerprint density at radius 1 is 1.06 bits per heavy atom. The van der Waals surface area contributed by atoms with E-state index < -0.39 is 4.92 Å². The largest absolute Gasteiger partial charge is 0.493 e. The SMILES string of the molecule is COc1cc(/C=N\NC(=O)Cc2ccc(Cl)cc2)ccc1OCc1ccc([N+](=O)[O-])cc1. The van der Waals surface area contributed by atoms with Crippen LogP contribution in [-0.4, -0.2) is 24.2 Å². The van der Waals surface area contributed by atoms with E-state index in [4.69, 9.17) is 21.1 Å². The standard InChI is InChI=1S/C23H20ClN3O5/c1-31-22-12-18(14-25-26-23(28)13-16-2-7-19(24)8-3-16)6-11-21(22)32-15-17-4-9-20(10-5-17)27(29)30/h2-12,14H,13,15H2,1H3,(H,26,28)/b25-14-. The number of hydrazone groups is 1. The minimum atomic E-state index is -0.450. The molecule has 32 heavy (non-hydrogen) atoms. The molecule has 0 atom stereocenters. The zero-order valence-electron chi connectivity index (χ0n) is 17.2. The molecule has 3 aromatic rings. The van der Waals surface area contributed by atoms with Gasteiger partial charge in [-0.3, -0.25) is 14.9 Å². The number of benzene rings is 3. The summed E-state index contributed by atoms with van der Waals surface area (Å²) in [5.74, 6) is 0.747. The molecule has 0 fully saturated rings. The predicted molar refractivity (Wildman–Crippen MR) is 121 cm³/mol. The molecule has 0 aliphatic carbocycles. The lowest BCUT2D eigenvalue weighted by molar-refractivity contribution is -0.384. The van der Waals surface area contributed by atoms with Crippen molar-refractivity contribution < 1.29 is 19.2 Å². The maximum atomic E-state index is 12.0. The number of hydrogen-bond acceptors (Lipinski definition) is 6. The number of halogens is 1. The van der Waals surface area contributed by atoms with Gasteiger partial charge in [-0.1, -0.05) is 23.7 Å². The Morgan fingerprint density at radius 2 is 1.75 bits per heavy atom. The van der Waals surface area contributed by atoms with Gasteiger partial charge in [-0.15, -0.1) is 0 Å². The second kappa shape index (κ2) is 10.9. The fourth-order valence-electron chi connectivity index (χ4n) is 2.76. The van der Waals surface area contributed by atoms with Crippen molar-refractivity contribution in [1.82, 2.24) is 5.43 Å². The maximum Gasteiger partial charge on any atom is 0.269 e. The third-order valence-electron chi connectivity index (χ3n) is 4.41. The molecule has 0 aliphatic rings. The summed E-state index contributed by atoms with van der Waals surface area (Å²) in [5.41, 5.74) is 4.83. The van der Waals surface area contributed by atoms with Crippen molar-refractivity contribution in [2.45, 2.75) is 13.0 Å². The number of nitrogens with zero attached hydrogens (tertiary/aromatic N) is 2. The Kier molecular flexibility index (Phi) is 7.77. The summed E-state index contributed by atoms with van der Waals surface area (Å²) in [6.45, 7) is 0.225. The molecule has 0 bridgehead atoms. The van der Waals surface area contributed by atoms with Crippen molar-refractivity contribution in [2.75, 3.05) is 7.11 Å². The molecule has 0 heterocycles. The number of amides is 1. The highest BCUT2D eigenvalue weighted by molar-refractivity contribution is 6.30. The van der Waals surface area contributed by atoms with Crippen LogP contribution in [0.1, 0.15) is 16.7 Å². The van der Waals surface area contributed by atoms with Gasteiger partial charge in [0.2, 0.25) is 5.91 Å². The summed E-state index contributed by atoms with van der Waals surface area (Å²) >= 11 is 5.84. The first-order valence-corrected chi connectivity index (χ1v) is 9.93. The van der Waals surface area contributed by atoms with E-state index in [2.05, 4.69) is 10.5 Å². The molecule has 0 unspecified atom stereocenters. The quantitative estimate of drug-likeness (QED) is 0.291. The lowest BCUT2D eigenvalue weighted by atomic mass is 10.1. The molecule has 1 amide bonds. The second-order valence-electron chi connectivity index (χ2n) is 6.72. The van der Waals surface area contributed by atoms with E-state index in [-0.39, 0.29) is 24.6 Å². The summed E-state index contributed by atoms with van der Waals surface area (Å²) in [7, 11) is 1.52. The minimum Gasteiger partial charge on any atom is -0.493 e. The van der Waals surface area contributed by atoms with Crippen LogP contribution in [0, 0.1) is 10.1 Å². The van der Waals surface area contributed by atoms with Gasteiger partial charge in [0.25, 0.3) is 5.69 Å². The second-order valence-corrected chi connectivity index (χ2v) is 7.16. The normalized spacial score (nSPS) is 10.7. The van der Waals surface area contributed by atoms with Crippen LogP contribution in [-0.2, 0) is 17.8 Å². The van der Waals surface area contributed by atoms with E-state index in [1.165, 1.54) is 25.5 Å². The van der Waals surface area contributed by atoms with Crippen molar-refractivity contribution in [1.29, 1.82) is 0 Å². The van der Waals surface area contributed by atoms with Crippen LogP contribution in [0.5, 0.6) is 11.5 Å². The molecule has 164 valence electrons. The number of hydrogen-bond donors (Lipinski definition) is 1. The highest BCUT2D eigenvalue weighted by Crippen LogP contribution is 2.28. The van der Waals surface area contributed by atoms with Crippen LogP contribution in [0.2, 0.25) is 5.02 Å². The fraction of sp³-hybridized carbons (Fsp3) is 0.130. The van der Waals surface area contributed by atoms with Gasteiger partial charge in [0.15, 0.2) is 11.5 Å². The summed E-state index contributed by atoms with van der Waals surface area (Å²) in [6, 6.07) is 18.4. The van der Waals surface area contributed by atoms with Gasteiger partial charge in [0.05, 0.1) is 24.7 Å². The number of carbonyl (C=O) groups excluding carboxylic acids is 1. The molecule has 0 saturated carbocycles. The van der Waals surface area contributed by atoms with Gasteiger partial charge in [0.1, 0.15) is 6.61 Å². The van der Waals surface area contributed by atoms with Gasteiger partial charge in [-0.05, 0) is 59.2 Å². The first-order chi connectivity index (χ1) is 15.4. The average molecular weight is 454 g/mol. The van der Waals surface area contributed by atoms with Gasteiger partial charge >= 0.3 is 0 Å². The minimum absolute atomic E-state index is 0.0234. The van der Waals surface area contributed by atoms with Crippen molar-refractivity contribution in [3.05, 3.63) is 98.6 Å². The van der Waals surface area contributed by atoms with E-state index in [0.717, 1.165) is 11.1 Å². The summed E-state index contributed by atoms with van der Waals surface area (Å²) in [6.07, 6.45) is 1.69. The molecule has 0 spiro atoms. The summed E-state index contributed by atoms with van der Waals surface area (Å²) in [5, 5.41) is 15.3. The number of methoxy groups -OCH3 is 1. The van der Waals surface area contributed by atoms with Crippen molar-refractivity contribution >= 4 is 29.4 Å². The van der Waals surface area contributed by atoms with E-state index in [1.54, 1.807) is 54.6 Å². The number of nitro benzene ring substituents is 1. The first-order valence-electron chi connectivity index (χ1n) is 9.55. The maximum absolute atomic E-state index is 12.0. The number of nitro groups is 1. The molecule has 0 aromatic heterocycles. The molecular formula is C23H20ClN3O5. The van der Waals surface area contributed by atoms with Crippen molar-refractivity contribution in [3.63, 3.8) is 0 Å². The van der Waals surface area contributed by atoms with Crippen molar-refractivity contribution in [2.24, 2.45) is 5.10 Å². The van der Waals surface area contributed by atoms with E-state index in [1.807, 2.05) is 0 Å². The molecule has 3 rings (SSSR count). The van der Waals surface area contributed by atoms with Gasteiger partial charge in [-0.2, -0.15) is 5.10 Å². The third-order valence-corrected chi connectivity index (χ3v) is 4.66. The molecule has 0 aliphatic heterocycles. The molecule has 0 radical (unpaired) electrons. The van der Waals surface area contributed by atoms with E-state index >= 15 is 0 Å². The molecule has 8 nitrogen and oxygen atoms in total. The monoisotopic (exact) mass is 453 g/mol. The smallest absolute Gasteiger partial charge is 0.269 e. The molecule has 3 aromatic carbocycles. The Bertz CT molecular complexity index is 1120. The highest BCUT2D eigenvalue weighted by atomic mass is 35.5. The highest BCUT2D eigenvalue weighted by Gasteiger charge is 2.08. The van der Waals surface area contributed by atoms with Crippen LogP contribution in [0.15, 0.2) is 71.8 Å². The Labute approximate surface area is 189 Å². The van der Waals surface area contributed by atoms with Crippen LogP contribution in [0.4, 0.5) is 5.69 Å². The zero-order chi connectivity index (χ0) is 22.9. The van der Waals surface area contributed by atoms with Gasteiger partial charge < -0.3 is 9.47 Å². The van der Waals surface area contributed by atoms with Crippen LogP contribution in [0.3, 0.4) is 0 Å². The van der Waals surface area contributed by atoms with Gasteiger partial charge in [-0.25, -0.2) is 5.43 Å². The Hall–Kier alpha value is -3.91. The van der Waals surface area contributed by atoms with Crippen LogP contribution >= 0.6 is 11.6 Å². The van der Waals surface area contributed by atoms with Crippen LogP contribution < -0.4 is 14.9 Å². The Morgan fingerprint density at radius 3 is 2.41 bits per heavy atom. The summed E-state index contributed by atoms with van der Waals surface area (Å²) < 4.78 is 11.1. The Balaban J connectivity index is 1.56. The lowest BCUT2D eigenvalue weighted by Gasteiger charge is -2.11. The average Bonchev–Trinajstić information content (AvgIpc) is 2.79. The first kappa shape index (κ1) is 22.8. The molecule has 0 saturated heterocycles.